The molecule has 0 aliphatic carbocycles. The average molecular weight is 413 g/mol. The molecule has 0 saturated heterocycles. The first-order valence-electron chi connectivity index (χ1n) is 9.23. The first kappa shape index (κ1) is 21.2. The molecule has 1 heterocycles. The minimum absolute atomic E-state index is 0.161. The number of halogens is 2. The van der Waals surface area contributed by atoms with Gasteiger partial charge >= 0.3 is 6.09 Å². The summed E-state index contributed by atoms with van der Waals surface area (Å²) in [5, 5.41) is 6.86. The van der Waals surface area contributed by atoms with Crippen LogP contribution in [0.1, 0.15) is 32.0 Å². The zero-order valence-corrected chi connectivity index (χ0v) is 16.8. The zero-order valence-electron chi connectivity index (χ0n) is 16.8. The Labute approximate surface area is 172 Å². The van der Waals surface area contributed by atoms with Crippen LogP contribution in [0.5, 0.6) is 0 Å². The second-order valence-corrected chi connectivity index (χ2v) is 7.70. The number of benzene rings is 2. The minimum Gasteiger partial charge on any atom is -0.444 e. The molecule has 3 aromatic rings. The van der Waals surface area contributed by atoms with E-state index < -0.39 is 23.3 Å². The van der Waals surface area contributed by atoms with Crippen molar-refractivity contribution in [2.24, 2.45) is 0 Å². The fourth-order valence-corrected chi connectivity index (χ4v) is 2.76. The van der Waals surface area contributed by atoms with E-state index in [4.69, 9.17) is 4.74 Å². The predicted molar refractivity (Wildman–Crippen MR) is 109 cm³/mol. The molecule has 6 nitrogen and oxygen atoms in total. The lowest BCUT2D eigenvalue weighted by molar-refractivity contribution is 0.0636. The van der Waals surface area contributed by atoms with Gasteiger partial charge in [-0.25, -0.2) is 18.3 Å². The van der Waals surface area contributed by atoms with Crippen LogP contribution in [0.3, 0.4) is 0 Å². The van der Waals surface area contributed by atoms with E-state index in [-0.39, 0.29) is 23.2 Å². The summed E-state index contributed by atoms with van der Waals surface area (Å²) in [6.45, 7) is 5.29. The third kappa shape index (κ3) is 5.73. The van der Waals surface area contributed by atoms with Crippen molar-refractivity contribution in [3.63, 3.8) is 0 Å². The molecule has 156 valence electrons. The molecule has 0 bridgehead atoms. The van der Waals surface area contributed by atoms with Gasteiger partial charge in [-0.15, -0.1) is 0 Å². The summed E-state index contributed by atoms with van der Waals surface area (Å²) in [6, 6.07) is 11.2. The van der Waals surface area contributed by atoms with Crippen molar-refractivity contribution in [1.82, 2.24) is 9.78 Å². The van der Waals surface area contributed by atoms with Crippen LogP contribution in [0.2, 0.25) is 0 Å². The van der Waals surface area contributed by atoms with Gasteiger partial charge in [0.05, 0.1) is 5.69 Å². The number of hydrogen-bond acceptors (Lipinski definition) is 4. The number of amides is 1. The molecule has 0 atom stereocenters. The highest BCUT2D eigenvalue weighted by Crippen LogP contribution is 2.16. The van der Waals surface area contributed by atoms with Gasteiger partial charge in [0, 0.05) is 30.4 Å². The molecule has 30 heavy (non-hydrogen) atoms. The highest BCUT2D eigenvalue weighted by Gasteiger charge is 2.16. The zero-order chi connectivity index (χ0) is 21.9. The smallest absolute Gasteiger partial charge is 0.412 e. The van der Waals surface area contributed by atoms with Gasteiger partial charge < -0.3 is 4.74 Å². The van der Waals surface area contributed by atoms with Crippen LogP contribution in [-0.2, 0) is 11.2 Å². The summed E-state index contributed by atoms with van der Waals surface area (Å²) in [5.74, 6) is -1.49. The van der Waals surface area contributed by atoms with Crippen LogP contribution in [0, 0.1) is 11.6 Å². The Hall–Kier alpha value is -3.55. The highest BCUT2D eigenvalue weighted by atomic mass is 19.1. The van der Waals surface area contributed by atoms with E-state index in [0.29, 0.717) is 5.69 Å². The molecule has 1 amide bonds. The lowest BCUT2D eigenvalue weighted by Crippen LogP contribution is -2.27. The van der Waals surface area contributed by atoms with Gasteiger partial charge in [-0.2, -0.15) is 5.10 Å². The van der Waals surface area contributed by atoms with Gasteiger partial charge in [-0.1, -0.05) is 12.1 Å². The Bertz CT molecular complexity index is 1120. The number of nitrogens with one attached hydrogen (secondary N) is 1. The Morgan fingerprint density at radius 3 is 2.47 bits per heavy atom. The molecule has 1 aromatic heterocycles. The van der Waals surface area contributed by atoms with E-state index in [1.165, 1.54) is 16.9 Å². The number of anilines is 1. The van der Waals surface area contributed by atoms with E-state index >= 15 is 0 Å². The van der Waals surface area contributed by atoms with Crippen molar-refractivity contribution in [2.75, 3.05) is 5.32 Å². The van der Waals surface area contributed by atoms with Crippen LogP contribution in [-0.4, -0.2) is 21.5 Å². The van der Waals surface area contributed by atoms with Crippen LogP contribution < -0.4 is 10.7 Å². The summed E-state index contributed by atoms with van der Waals surface area (Å²) in [5.41, 5.74) is 0.637. The molecular weight excluding hydrogens is 392 g/mol. The van der Waals surface area contributed by atoms with Gasteiger partial charge in [0.25, 0.3) is 0 Å². The second kappa shape index (κ2) is 8.44. The van der Waals surface area contributed by atoms with Crippen molar-refractivity contribution in [3.05, 3.63) is 87.8 Å². The number of nitrogens with zero attached hydrogens (tertiary/aromatic N) is 2. The Balaban J connectivity index is 1.83. The SMILES string of the molecule is CC(C)(C)OC(=O)Nc1cccc(Cc2nn(-c3cc(F)cc(F)c3)ccc2=O)c1. The normalized spacial score (nSPS) is 11.2. The molecule has 3 rings (SSSR count). The molecule has 0 radical (unpaired) electrons. The van der Waals surface area contributed by atoms with E-state index in [1.54, 1.807) is 45.0 Å². The van der Waals surface area contributed by atoms with E-state index in [2.05, 4.69) is 10.4 Å². The fourth-order valence-electron chi connectivity index (χ4n) is 2.76. The molecule has 0 saturated carbocycles. The maximum absolute atomic E-state index is 13.5. The summed E-state index contributed by atoms with van der Waals surface area (Å²) in [6.07, 6.45) is 0.926. The lowest BCUT2D eigenvalue weighted by Gasteiger charge is -2.19. The largest absolute Gasteiger partial charge is 0.444 e. The summed E-state index contributed by atoms with van der Waals surface area (Å²) in [7, 11) is 0. The Kier molecular flexibility index (Phi) is 5.96. The highest BCUT2D eigenvalue weighted by molar-refractivity contribution is 5.84. The summed E-state index contributed by atoms with van der Waals surface area (Å²) < 4.78 is 33.5. The standard InChI is InChI=1S/C22H21F2N3O3/c1-22(2,3)30-21(29)25-17-6-4-5-14(9-17)10-19-20(28)7-8-27(26-19)18-12-15(23)11-16(24)13-18/h4-9,11-13H,10H2,1-3H3,(H,25,29). The fraction of sp³-hybridized carbons (Fsp3) is 0.227. The maximum atomic E-state index is 13.5. The first-order chi connectivity index (χ1) is 14.1. The number of rotatable bonds is 4. The van der Waals surface area contributed by atoms with Crippen LogP contribution >= 0.6 is 0 Å². The topological polar surface area (TPSA) is 73.2 Å². The maximum Gasteiger partial charge on any atom is 0.412 e. The molecule has 0 fully saturated rings. The number of ether oxygens (including phenoxy) is 1. The first-order valence-corrected chi connectivity index (χ1v) is 9.23. The number of hydrogen-bond donors (Lipinski definition) is 1. The molecular formula is C22H21F2N3O3. The summed E-state index contributed by atoms with van der Waals surface area (Å²) in [4.78, 5) is 24.2. The molecule has 0 aliphatic heterocycles. The molecule has 0 aliphatic rings. The Morgan fingerprint density at radius 1 is 1.10 bits per heavy atom. The third-order valence-corrected chi connectivity index (χ3v) is 3.94. The van der Waals surface area contributed by atoms with Gasteiger partial charge in [-0.05, 0) is 50.6 Å². The average Bonchev–Trinajstić information content (AvgIpc) is 2.61. The predicted octanol–water partition coefficient (Wildman–Crippen LogP) is 4.45. The van der Waals surface area contributed by atoms with Crippen LogP contribution in [0.15, 0.2) is 59.5 Å². The third-order valence-electron chi connectivity index (χ3n) is 3.94. The van der Waals surface area contributed by atoms with Crippen molar-refractivity contribution in [2.45, 2.75) is 32.8 Å². The molecule has 8 heteroatoms. The van der Waals surface area contributed by atoms with Crippen molar-refractivity contribution in [3.8, 4) is 5.69 Å². The molecule has 0 spiro atoms. The van der Waals surface area contributed by atoms with Gasteiger partial charge in [0.15, 0.2) is 0 Å². The van der Waals surface area contributed by atoms with Crippen molar-refractivity contribution < 1.29 is 18.3 Å². The van der Waals surface area contributed by atoms with Gasteiger partial charge in [0.2, 0.25) is 5.43 Å². The van der Waals surface area contributed by atoms with Gasteiger partial charge in [0.1, 0.15) is 22.9 Å². The minimum atomic E-state index is -0.743. The number of aromatic nitrogens is 2. The monoisotopic (exact) mass is 413 g/mol. The number of carbonyl (C=O) groups is 1. The van der Waals surface area contributed by atoms with Crippen LogP contribution in [0.4, 0.5) is 19.3 Å². The van der Waals surface area contributed by atoms with Gasteiger partial charge in [-0.3, -0.25) is 10.1 Å². The van der Waals surface area contributed by atoms with Crippen molar-refractivity contribution in [1.29, 1.82) is 0 Å². The van der Waals surface area contributed by atoms with Crippen molar-refractivity contribution >= 4 is 11.8 Å². The molecule has 2 aromatic carbocycles. The Morgan fingerprint density at radius 2 is 1.80 bits per heavy atom. The molecule has 1 N–H and O–H groups in total. The molecule has 0 unspecified atom stereocenters. The second-order valence-electron chi connectivity index (χ2n) is 7.70. The van der Waals surface area contributed by atoms with E-state index in [9.17, 15) is 18.4 Å². The lowest BCUT2D eigenvalue weighted by atomic mass is 10.1. The van der Waals surface area contributed by atoms with Crippen LogP contribution in [0.25, 0.3) is 5.69 Å². The number of carbonyl (C=O) groups excluding carboxylic acids is 1. The van der Waals surface area contributed by atoms with E-state index in [1.807, 2.05) is 0 Å². The quantitative estimate of drug-likeness (QED) is 0.686. The summed E-state index contributed by atoms with van der Waals surface area (Å²) >= 11 is 0. The van der Waals surface area contributed by atoms with E-state index in [0.717, 1.165) is 23.8 Å².